The SMILES string of the molecule is Cc1nc2cc(C(=O)CC3CCCN(C(=O)Nc4cc5c(=O)n(CC6CC6)c(=O)n(C(C)C)c5cc4F)C3)ccc2o1. The average Bonchev–Trinajstić information content (AvgIpc) is 3.69. The van der Waals surface area contributed by atoms with Crippen molar-refractivity contribution in [1.29, 1.82) is 0 Å². The zero-order chi connectivity index (χ0) is 29.7. The van der Waals surface area contributed by atoms with Gasteiger partial charge < -0.3 is 14.6 Å². The van der Waals surface area contributed by atoms with E-state index in [-0.39, 0.29) is 40.8 Å². The number of Topliss-reactive ketones (excluding diaryl/α,β-unsaturated/α-hetero) is 1. The largest absolute Gasteiger partial charge is 0.441 e. The van der Waals surface area contributed by atoms with E-state index in [2.05, 4.69) is 10.3 Å². The molecule has 1 saturated carbocycles. The Balaban J connectivity index is 1.20. The van der Waals surface area contributed by atoms with Crippen LogP contribution in [0.1, 0.15) is 68.2 Å². The van der Waals surface area contributed by atoms with Gasteiger partial charge in [0, 0.05) is 50.7 Å². The molecule has 0 spiro atoms. The molecule has 1 aliphatic heterocycles. The average molecular weight is 576 g/mol. The molecule has 11 heteroatoms. The number of carbonyl (C=O) groups is 2. The third kappa shape index (κ3) is 5.35. The van der Waals surface area contributed by atoms with Crippen LogP contribution in [-0.4, -0.2) is 43.9 Å². The minimum absolute atomic E-state index is 0.0379. The van der Waals surface area contributed by atoms with Crippen LogP contribution >= 0.6 is 0 Å². The smallest absolute Gasteiger partial charge is 0.331 e. The second-order valence-corrected chi connectivity index (χ2v) is 11.9. The summed E-state index contributed by atoms with van der Waals surface area (Å²) in [6.45, 7) is 6.52. The van der Waals surface area contributed by atoms with Gasteiger partial charge in [-0.25, -0.2) is 19.0 Å². The third-order valence-corrected chi connectivity index (χ3v) is 8.25. The summed E-state index contributed by atoms with van der Waals surface area (Å²) in [5, 5.41) is 2.82. The molecule has 6 rings (SSSR count). The van der Waals surface area contributed by atoms with Crippen molar-refractivity contribution >= 4 is 39.5 Å². The standard InChI is InChI=1S/C31H34FN5O5/c1-17(2)37-26-14-23(32)24(13-22(26)29(39)36(31(37)41)16-19-6-7-19)34-30(40)35-10-4-5-20(15-35)11-27(38)21-8-9-28-25(12-21)33-18(3)42-28/h8-9,12-14,17,19-20H,4-7,10-11,15-16H2,1-3H3,(H,34,40). The lowest BCUT2D eigenvalue weighted by Gasteiger charge is -2.32. The second kappa shape index (κ2) is 10.8. The molecule has 10 nitrogen and oxygen atoms in total. The summed E-state index contributed by atoms with van der Waals surface area (Å²) in [6, 6.07) is 6.88. The summed E-state index contributed by atoms with van der Waals surface area (Å²) in [5.41, 5.74) is 0.956. The number of benzene rings is 2. The Kier molecular flexibility index (Phi) is 7.20. The molecule has 1 unspecified atom stereocenters. The Morgan fingerprint density at radius 3 is 2.64 bits per heavy atom. The summed E-state index contributed by atoms with van der Waals surface area (Å²) >= 11 is 0. The molecule has 0 radical (unpaired) electrons. The number of hydrogen-bond donors (Lipinski definition) is 1. The van der Waals surface area contributed by atoms with E-state index in [1.807, 2.05) is 13.8 Å². The van der Waals surface area contributed by atoms with Crippen molar-refractivity contribution in [3.05, 3.63) is 68.4 Å². The highest BCUT2D eigenvalue weighted by atomic mass is 19.1. The highest BCUT2D eigenvalue weighted by Crippen LogP contribution is 2.30. The van der Waals surface area contributed by atoms with E-state index < -0.39 is 23.1 Å². The molecule has 1 atom stereocenters. The Morgan fingerprint density at radius 1 is 1.12 bits per heavy atom. The first kappa shape index (κ1) is 27.9. The highest BCUT2D eigenvalue weighted by molar-refractivity contribution is 5.99. The van der Waals surface area contributed by atoms with Gasteiger partial charge in [-0.05, 0) is 75.6 Å². The number of aromatic nitrogens is 3. The minimum Gasteiger partial charge on any atom is -0.441 e. The van der Waals surface area contributed by atoms with Gasteiger partial charge in [0.25, 0.3) is 5.56 Å². The molecular weight excluding hydrogens is 541 g/mol. The number of carbonyl (C=O) groups excluding carboxylic acids is 2. The number of fused-ring (bicyclic) bond motifs is 2. The normalized spacial score (nSPS) is 17.4. The molecule has 2 aromatic carbocycles. The number of nitrogens with one attached hydrogen (secondary N) is 1. The van der Waals surface area contributed by atoms with Crippen molar-refractivity contribution in [2.75, 3.05) is 18.4 Å². The number of anilines is 1. The maximum Gasteiger partial charge on any atom is 0.331 e. The number of likely N-dealkylation sites (tertiary alicyclic amines) is 1. The molecule has 2 fully saturated rings. The first-order chi connectivity index (χ1) is 20.1. The van der Waals surface area contributed by atoms with Crippen LogP contribution in [0.3, 0.4) is 0 Å². The number of nitrogens with zero attached hydrogens (tertiary/aromatic N) is 4. The molecule has 1 N–H and O–H groups in total. The van der Waals surface area contributed by atoms with Crippen molar-refractivity contribution in [3.8, 4) is 0 Å². The third-order valence-electron chi connectivity index (χ3n) is 8.25. The van der Waals surface area contributed by atoms with E-state index in [1.165, 1.54) is 15.2 Å². The molecular formula is C31H34FN5O5. The van der Waals surface area contributed by atoms with Gasteiger partial charge in [-0.3, -0.25) is 18.7 Å². The van der Waals surface area contributed by atoms with Gasteiger partial charge in [0.1, 0.15) is 11.3 Å². The van der Waals surface area contributed by atoms with Crippen LogP contribution in [0.25, 0.3) is 22.0 Å². The summed E-state index contributed by atoms with van der Waals surface area (Å²) in [4.78, 5) is 58.6. The van der Waals surface area contributed by atoms with Crippen LogP contribution in [0.15, 0.2) is 44.3 Å². The lowest BCUT2D eigenvalue weighted by Crippen LogP contribution is -2.43. The van der Waals surface area contributed by atoms with E-state index in [4.69, 9.17) is 4.42 Å². The lowest BCUT2D eigenvalue weighted by molar-refractivity contribution is 0.0931. The van der Waals surface area contributed by atoms with E-state index in [9.17, 15) is 19.2 Å². The van der Waals surface area contributed by atoms with Gasteiger partial charge in [-0.15, -0.1) is 0 Å². The molecule has 1 saturated heterocycles. The van der Waals surface area contributed by atoms with Gasteiger partial charge in [0.05, 0.1) is 16.6 Å². The molecule has 2 amide bonds. The van der Waals surface area contributed by atoms with E-state index >= 15 is 4.39 Å². The minimum atomic E-state index is -0.730. The fourth-order valence-corrected chi connectivity index (χ4v) is 5.92. The van der Waals surface area contributed by atoms with Crippen LogP contribution in [-0.2, 0) is 6.54 Å². The number of aryl methyl sites for hydroxylation is 1. The van der Waals surface area contributed by atoms with Crippen LogP contribution in [0.4, 0.5) is 14.9 Å². The summed E-state index contributed by atoms with van der Waals surface area (Å²) in [7, 11) is 0. The van der Waals surface area contributed by atoms with Crippen molar-refractivity contribution in [1.82, 2.24) is 19.0 Å². The molecule has 0 bridgehead atoms. The number of ketones is 1. The van der Waals surface area contributed by atoms with E-state index in [0.717, 1.165) is 25.3 Å². The lowest BCUT2D eigenvalue weighted by atomic mass is 9.91. The van der Waals surface area contributed by atoms with Gasteiger partial charge in [0.2, 0.25) is 0 Å². The Labute approximate surface area is 241 Å². The Bertz CT molecular complexity index is 1830. The number of rotatable bonds is 7. The van der Waals surface area contributed by atoms with Crippen LogP contribution in [0.5, 0.6) is 0 Å². The van der Waals surface area contributed by atoms with Gasteiger partial charge in [-0.2, -0.15) is 0 Å². The Hall–Kier alpha value is -4.28. The van der Waals surface area contributed by atoms with Crippen LogP contribution < -0.4 is 16.6 Å². The van der Waals surface area contributed by atoms with Crippen molar-refractivity contribution in [2.24, 2.45) is 11.8 Å². The summed E-state index contributed by atoms with van der Waals surface area (Å²) in [5.74, 6) is 0.00424. The van der Waals surface area contributed by atoms with Crippen molar-refractivity contribution in [2.45, 2.75) is 65.5 Å². The maximum absolute atomic E-state index is 15.3. The van der Waals surface area contributed by atoms with Gasteiger partial charge in [-0.1, -0.05) is 0 Å². The number of piperidine rings is 1. The van der Waals surface area contributed by atoms with Gasteiger partial charge in [0.15, 0.2) is 17.3 Å². The number of oxazole rings is 1. The quantitative estimate of drug-likeness (QED) is 0.300. The first-order valence-electron chi connectivity index (χ1n) is 14.5. The predicted octanol–water partition coefficient (Wildman–Crippen LogP) is 5.26. The molecule has 220 valence electrons. The topological polar surface area (TPSA) is 119 Å². The summed E-state index contributed by atoms with van der Waals surface area (Å²) in [6.07, 6.45) is 3.70. The van der Waals surface area contributed by atoms with Crippen molar-refractivity contribution in [3.63, 3.8) is 0 Å². The fourth-order valence-electron chi connectivity index (χ4n) is 5.92. The zero-order valence-electron chi connectivity index (χ0n) is 24.0. The monoisotopic (exact) mass is 575 g/mol. The molecule has 2 aliphatic rings. The number of urea groups is 1. The van der Waals surface area contributed by atoms with E-state index in [1.54, 1.807) is 30.0 Å². The Morgan fingerprint density at radius 2 is 1.90 bits per heavy atom. The molecule has 42 heavy (non-hydrogen) atoms. The maximum atomic E-state index is 15.3. The number of hydrogen-bond acceptors (Lipinski definition) is 6. The molecule has 1 aliphatic carbocycles. The molecule has 4 aromatic rings. The second-order valence-electron chi connectivity index (χ2n) is 11.9. The summed E-state index contributed by atoms with van der Waals surface area (Å²) < 4.78 is 23.5. The van der Waals surface area contributed by atoms with Crippen LogP contribution in [0, 0.1) is 24.6 Å². The fraction of sp³-hybridized carbons (Fsp3) is 0.452. The van der Waals surface area contributed by atoms with E-state index in [0.29, 0.717) is 54.5 Å². The first-order valence-corrected chi connectivity index (χ1v) is 14.5. The van der Waals surface area contributed by atoms with Crippen molar-refractivity contribution < 1.29 is 18.4 Å². The van der Waals surface area contributed by atoms with Crippen LogP contribution in [0.2, 0.25) is 0 Å². The predicted molar refractivity (Wildman–Crippen MR) is 157 cm³/mol. The molecule has 2 aromatic heterocycles. The molecule has 3 heterocycles. The number of halogens is 1. The van der Waals surface area contributed by atoms with Gasteiger partial charge >= 0.3 is 11.7 Å². The zero-order valence-corrected chi connectivity index (χ0v) is 24.0. The number of amides is 2. The highest BCUT2D eigenvalue weighted by Gasteiger charge is 2.28.